The molecule has 1 aliphatic carbocycles. The lowest BCUT2D eigenvalue weighted by atomic mass is 9.74. The number of carbonyl (C=O) groups excluding carboxylic acids is 1. The molecule has 2 rings (SSSR count). The van der Waals surface area contributed by atoms with E-state index in [9.17, 15) is 9.90 Å². The first kappa shape index (κ1) is 14.1. The molecule has 1 N–H and O–H groups in total. The van der Waals surface area contributed by atoms with Gasteiger partial charge in [0.05, 0.1) is 0 Å². The topological polar surface area (TPSA) is 40.5 Å². The number of hydrogen-bond acceptors (Lipinski definition) is 3. The Kier molecular flexibility index (Phi) is 4.25. The Bertz CT molecular complexity index is 425. The normalized spacial score (nSPS) is 18.8. The van der Waals surface area contributed by atoms with Crippen LogP contribution in [-0.2, 0) is 10.3 Å². The maximum Gasteiger partial charge on any atom is 0.133 e. The fraction of sp³-hybridized carbons (Fsp3) is 0.562. The first-order valence-electron chi connectivity index (χ1n) is 7.18. The molecule has 0 radical (unpaired) electrons. The van der Waals surface area contributed by atoms with Gasteiger partial charge in [0.15, 0.2) is 0 Å². The molecule has 0 bridgehead atoms. The van der Waals surface area contributed by atoms with Gasteiger partial charge in [0, 0.05) is 18.4 Å². The van der Waals surface area contributed by atoms with Crippen LogP contribution in [0.2, 0.25) is 0 Å². The number of aromatic hydroxyl groups is 1. The van der Waals surface area contributed by atoms with E-state index in [0.29, 0.717) is 24.4 Å². The molecular weight excluding hydrogens is 238 g/mol. The number of ketones is 1. The maximum atomic E-state index is 11.6. The largest absolute Gasteiger partial charge is 0.508 e. The summed E-state index contributed by atoms with van der Waals surface area (Å²) in [6, 6.07) is 7.50. The third-order valence-corrected chi connectivity index (χ3v) is 4.41. The van der Waals surface area contributed by atoms with Crippen molar-refractivity contribution in [1.82, 2.24) is 4.90 Å². The van der Waals surface area contributed by atoms with Crippen molar-refractivity contribution in [2.45, 2.75) is 45.1 Å². The van der Waals surface area contributed by atoms with E-state index in [1.54, 1.807) is 12.1 Å². The summed E-state index contributed by atoms with van der Waals surface area (Å²) in [5, 5.41) is 9.47. The molecule has 0 aromatic heterocycles. The van der Waals surface area contributed by atoms with Crippen LogP contribution in [0.5, 0.6) is 5.75 Å². The molecule has 3 heteroatoms. The molecule has 0 spiro atoms. The third kappa shape index (κ3) is 2.66. The van der Waals surface area contributed by atoms with Crippen LogP contribution < -0.4 is 0 Å². The van der Waals surface area contributed by atoms with Crippen LogP contribution in [0.3, 0.4) is 0 Å². The van der Waals surface area contributed by atoms with Crippen molar-refractivity contribution in [3.63, 3.8) is 0 Å². The fourth-order valence-corrected chi connectivity index (χ4v) is 3.33. The van der Waals surface area contributed by atoms with E-state index in [1.165, 1.54) is 5.56 Å². The molecule has 0 atom stereocenters. The number of rotatable bonds is 4. The minimum Gasteiger partial charge on any atom is -0.508 e. The number of hydrogen-bond donors (Lipinski definition) is 1. The number of phenolic OH excluding ortho intramolecular Hbond substituents is 1. The Balaban J connectivity index is 2.38. The quantitative estimate of drug-likeness (QED) is 0.905. The zero-order chi connectivity index (χ0) is 13.9. The average molecular weight is 261 g/mol. The first-order chi connectivity index (χ1) is 9.12. The van der Waals surface area contributed by atoms with E-state index >= 15 is 0 Å². The van der Waals surface area contributed by atoms with Gasteiger partial charge in [-0.3, -0.25) is 9.69 Å². The minimum absolute atomic E-state index is 0.0366. The monoisotopic (exact) mass is 261 g/mol. The van der Waals surface area contributed by atoms with Gasteiger partial charge in [0.2, 0.25) is 0 Å². The molecule has 0 heterocycles. The molecule has 0 saturated heterocycles. The highest BCUT2D eigenvalue weighted by molar-refractivity contribution is 5.79. The lowest BCUT2D eigenvalue weighted by Crippen LogP contribution is -2.48. The molecule has 104 valence electrons. The molecule has 1 aromatic carbocycles. The summed E-state index contributed by atoms with van der Waals surface area (Å²) < 4.78 is 0. The molecule has 1 fully saturated rings. The van der Waals surface area contributed by atoms with E-state index in [1.807, 2.05) is 12.1 Å². The lowest BCUT2D eigenvalue weighted by molar-refractivity contribution is -0.123. The van der Waals surface area contributed by atoms with E-state index in [2.05, 4.69) is 18.7 Å². The molecular formula is C16H23NO2. The second-order valence-electron chi connectivity index (χ2n) is 5.29. The van der Waals surface area contributed by atoms with Crippen LogP contribution in [0.4, 0.5) is 0 Å². The summed E-state index contributed by atoms with van der Waals surface area (Å²) in [5.74, 6) is 0.673. The summed E-state index contributed by atoms with van der Waals surface area (Å²) in [7, 11) is 0. The second kappa shape index (κ2) is 5.74. The van der Waals surface area contributed by atoms with Gasteiger partial charge in [-0.2, -0.15) is 0 Å². The van der Waals surface area contributed by atoms with E-state index in [0.717, 1.165) is 25.9 Å². The highest BCUT2D eigenvalue weighted by atomic mass is 16.3. The van der Waals surface area contributed by atoms with E-state index in [-0.39, 0.29) is 5.54 Å². The third-order valence-electron chi connectivity index (χ3n) is 4.41. The van der Waals surface area contributed by atoms with Crippen molar-refractivity contribution >= 4 is 5.78 Å². The second-order valence-corrected chi connectivity index (χ2v) is 5.29. The summed E-state index contributed by atoms with van der Waals surface area (Å²) in [5.41, 5.74) is 1.19. The number of phenols is 1. The van der Waals surface area contributed by atoms with Gasteiger partial charge in [0.1, 0.15) is 11.5 Å². The van der Waals surface area contributed by atoms with Gasteiger partial charge in [-0.15, -0.1) is 0 Å². The number of carbonyl (C=O) groups is 1. The molecule has 0 aliphatic heterocycles. The van der Waals surface area contributed by atoms with Crippen LogP contribution in [-0.4, -0.2) is 28.9 Å². The lowest BCUT2D eigenvalue weighted by Gasteiger charge is -2.46. The summed E-state index contributed by atoms with van der Waals surface area (Å²) in [4.78, 5) is 14.0. The van der Waals surface area contributed by atoms with Gasteiger partial charge in [-0.05, 0) is 43.6 Å². The van der Waals surface area contributed by atoms with Crippen molar-refractivity contribution in [2.75, 3.05) is 13.1 Å². The standard InChI is InChI=1S/C16H23NO2/c1-3-17(4-2)16(11-9-15(19)10-12-16)13-5-7-14(18)8-6-13/h5-8,18H,3-4,9-12H2,1-2H3. The molecule has 19 heavy (non-hydrogen) atoms. The molecule has 1 saturated carbocycles. The summed E-state index contributed by atoms with van der Waals surface area (Å²) >= 11 is 0. The van der Waals surface area contributed by atoms with Crippen LogP contribution >= 0.6 is 0 Å². The summed E-state index contributed by atoms with van der Waals surface area (Å²) in [6.07, 6.45) is 3.10. The Morgan fingerprint density at radius 3 is 2.11 bits per heavy atom. The zero-order valence-electron chi connectivity index (χ0n) is 11.9. The Hall–Kier alpha value is -1.35. The van der Waals surface area contributed by atoms with Gasteiger partial charge >= 0.3 is 0 Å². The summed E-state index contributed by atoms with van der Waals surface area (Å²) in [6.45, 7) is 6.29. The van der Waals surface area contributed by atoms with E-state index < -0.39 is 0 Å². The first-order valence-corrected chi connectivity index (χ1v) is 7.18. The minimum atomic E-state index is -0.0366. The average Bonchev–Trinajstić information content (AvgIpc) is 2.43. The highest BCUT2D eigenvalue weighted by Crippen LogP contribution is 2.41. The van der Waals surface area contributed by atoms with Crippen LogP contribution in [0.15, 0.2) is 24.3 Å². The number of Topliss-reactive ketones (excluding diaryl/α,β-unsaturated/α-hetero) is 1. The van der Waals surface area contributed by atoms with Crippen LogP contribution in [0.1, 0.15) is 45.1 Å². The number of benzene rings is 1. The molecule has 3 nitrogen and oxygen atoms in total. The van der Waals surface area contributed by atoms with Crippen molar-refractivity contribution in [3.8, 4) is 5.75 Å². The highest BCUT2D eigenvalue weighted by Gasteiger charge is 2.40. The predicted molar refractivity (Wildman–Crippen MR) is 76.2 cm³/mol. The molecule has 1 aromatic rings. The Morgan fingerprint density at radius 2 is 1.63 bits per heavy atom. The van der Waals surface area contributed by atoms with Gasteiger partial charge < -0.3 is 5.11 Å². The predicted octanol–water partition coefficient (Wildman–Crippen LogP) is 3.07. The maximum absolute atomic E-state index is 11.6. The molecule has 0 amide bonds. The van der Waals surface area contributed by atoms with Crippen LogP contribution in [0.25, 0.3) is 0 Å². The Morgan fingerprint density at radius 1 is 1.11 bits per heavy atom. The van der Waals surface area contributed by atoms with Gasteiger partial charge in [-0.1, -0.05) is 26.0 Å². The van der Waals surface area contributed by atoms with Crippen molar-refractivity contribution in [2.24, 2.45) is 0 Å². The van der Waals surface area contributed by atoms with Gasteiger partial charge in [0.25, 0.3) is 0 Å². The van der Waals surface area contributed by atoms with Crippen molar-refractivity contribution < 1.29 is 9.90 Å². The van der Waals surface area contributed by atoms with Crippen LogP contribution in [0, 0.1) is 0 Å². The van der Waals surface area contributed by atoms with Crippen molar-refractivity contribution in [3.05, 3.63) is 29.8 Å². The molecule has 1 aliphatic rings. The van der Waals surface area contributed by atoms with E-state index in [4.69, 9.17) is 0 Å². The SMILES string of the molecule is CCN(CC)C1(c2ccc(O)cc2)CCC(=O)CC1. The zero-order valence-corrected chi connectivity index (χ0v) is 11.9. The number of nitrogens with zero attached hydrogens (tertiary/aromatic N) is 1. The van der Waals surface area contributed by atoms with Gasteiger partial charge in [-0.25, -0.2) is 0 Å². The fourth-order valence-electron chi connectivity index (χ4n) is 3.33. The van der Waals surface area contributed by atoms with Crippen molar-refractivity contribution in [1.29, 1.82) is 0 Å². The smallest absolute Gasteiger partial charge is 0.133 e. The molecule has 0 unspecified atom stereocenters. The Labute approximate surface area is 115 Å².